The second-order valence-corrected chi connectivity index (χ2v) is 4.22. The summed E-state index contributed by atoms with van der Waals surface area (Å²) in [5.74, 6) is 0. The molecule has 0 saturated heterocycles. The Bertz CT molecular complexity index is 341. The van der Waals surface area contributed by atoms with Gasteiger partial charge in [0.25, 0.3) is 0 Å². The minimum atomic E-state index is -0.153. The molecule has 1 unspecified atom stereocenters. The van der Waals surface area contributed by atoms with Crippen LogP contribution in [0.2, 0.25) is 0 Å². The number of hydrogen-bond donors (Lipinski definition) is 1. The van der Waals surface area contributed by atoms with E-state index in [0.717, 1.165) is 14.7 Å². The van der Waals surface area contributed by atoms with Crippen LogP contribution in [0.25, 0.3) is 0 Å². The SMILES string of the molecule is Cc1ccc(I)cc1C(N)CC#N. The summed E-state index contributed by atoms with van der Waals surface area (Å²) < 4.78 is 1.16. The molecule has 0 radical (unpaired) electrons. The lowest BCUT2D eigenvalue weighted by atomic mass is 10.0. The number of aryl methyl sites for hydroxylation is 1. The fourth-order valence-electron chi connectivity index (χ4n) is 1.22. The average molecular weight is 286 g/mol. The third kappa shape index (κ3) is 2.68. The average Bonchev–Trinajstić information content (AvgIpc) is 2.09. The van der Waals surface area contributed by atoms with E-state index in [9.17, 15) is 0 Å². The van der Waals surface area contributed by atoms with Crippen molar-refractivity contribution >= 4 is 22.6 Å². The van der Waals surface area contributed by atoms with Crippen LogP contribution < -0.4 is 5.73 Å². The summed E-state index contributed by atoms with van der Waals surface area (Å²) in [6, 6.07) is 8.05. The summed E-state index contributed by atoms with van der Waals surface area (Å²) in [6.45, 7) is 2.02. The van der Waals surface area contributed by atoms with Gasteiger partial charge in [-0.15, -0.1) is 0 Å². The Morgan fingerprint density at radius 2 is 2.31 bits per heavy atom. The minimum absolute atomic E-state index is 0.153. The van der Waals surface area contributed by atoms with Crippen molar-refractivity contribution in [1.29, 1.82) is 5.26 Å². The predicted molar refractivity (Wildman–Crippen MR) is 61.1 cm³/mol. The summed E-state index contributed by atoms with van der Waals surface area (Å²) >= 11 is 2.25. The molecule has 0 aliphatic rings. The van der Waals surface area contributed by atoms with Crippen molar-refractivity contribution < 1.29 is 0 Å². The van der Waals surface area contributed by atoms with Gasteiger partial charge in [-0.05, 0) is 52.8 Å². The number of benzene rings is 1. The van der Waals surface area contributed by atoms with E-state index >= 15 is 0 Å². The molecule has 13 heavy (non-hydrogen) atoms. The molecule has 0 saturated carbocycles. The van der Waals surface area contributed by atoms with Crippen molar-refractivity contribution in [3.8, 4) is 6.07 Å². The second kappa shape index (κ2) is 4.58. The fraction of sp³-hybridized carbons (Fsp3) is 0.300. The van der Waals surface area contributed by atoms with Gasteiger partial charge in [0.1, 0.15) is 0 Å². The van der Waals surface area contributed by atoms with Gasteiger partial charge in [0.05, 0.1) is 12.5 Å². The maximum Gasteiger partial charge on any atom is 0.0641 e. The van der Waals surface area contributed by atoms with Crippen LogP contribution in [0.4, 0.5) is 0 Å². The monoisotopic (exact) mass is 286 g/mol. The highest BCUT2D eigenvalue weighted by Crippen LogP contribution is 2.20. The molecule has 0 fully saturated rings. The lowest BCUT2D eigenvalue weighted by Gasteiger charge is -2.11. The molecule has 0 heterocycles. The molecule has 2 nitrogen and oxygen atoms in total. The van der Waals surface area contributed by atoms with Gasteiger partial charge >= 0.3 is 0 Å². The molecular formula is C10H11IN2. The van der Waals surface area contributed by atoms with E-state index in [0.29, 0.717) is 6.42 Å². The molecule has 68 valence electrons. The molecule has 3 heteroatoms. The Morgan fingerprint density at radius 1 is 1.62 bits per heavy atom. The zero-order valence-electron chi connectivity index (χ0n) is 7.42. The van der Waals surface area contributed by atoms with Gasteiger partial charge in [0.15, 0.2) is 0 Å². The first kappa shape index (κ1) is 10.5. The van der Waals surface area contributed by atoms with Crippen LogP contribution >= 0.6 is 22.6 Å². The largest absolute Gasteiger partial charge is 0.323 e. The van der Waals surface area contributed by atoms with Crippen LogP contribution in [0.15, 0.2) is 18.2 Å². The smallest absolute Gasteiger partial charge is 0.0641 e. The maximum absolute atomic E-state index is 8.53. The normalized spacial score (nSPS) is 12.2. The molecule has 0 aromatic heterocycles. The minimum Gasteiger partial charge on any atom is -0.323 e. The standard InChI is InChI=1S/C10H11IN2/c1-7-2-3-8(11)6-9(7)10(13)4-5-12/h2-3,6,10H,4,13H2,1H3. The van der Waals surface area contributed by atoms with Crippen LogP contribution in [0.1, 0.15) is 23.6 Å². The molecule has 0 aliphatic carbocycles. The first-order valence-electron chi connectivity index (χ1n) is 4.03. The molecule has 1 aromatic rings. The lowest BCUT2D eigenvalue weighted by Crippen LogP contribution is -2.10. The summed E-state index contributed by atoms with van der Waals surface area (Å²) in [4.78, 5) is 0. The number of halogens is 1. The topological polar surface area (TPSA) is 49.8 Å². The fourth-order valence-corrected chi connectivity index (χ4v) is 1.73. The third-order valence-electron chi connectivity index (χ3n) is 1.95. The quantitative estimate of drug-likeness (QED) is 0.849. The van der Waals surface area contributed by atoms with Gasteiger partial charge in [0.2, 0.25) is 0 Å². The molecular weight excluding hydrogens is 275 g/mol. The summed E-state index contributed by atoms with van der Waals surface area (Å²) in [5, 5.41) is 8.53. The van der Waals surface area contributed by atoms with Crippen LogP contribution in [0.5, 0.6) is 0 Å². The molecule has 0 bridgehead atoms. The van der Waals surface area contributed by atoms with E-state index in [1.54, 1.807) is 0 Å². The van der Waals surface area contributed by atoms with Gasteiger partial charge < -0.3 is 5.73 Å². The summed E-state index contributed by atoms with van der Waals surface area (Å²) in [7, 11) is 0. The van der Waals surface area contributed by atoms with Gasteiger partial charge in [0, 0.05) is 9.61 Å². The van der Waals surface area contributed by atoms with Crippen LogP contribution in [-0.4, -0.2) is 0 Å². The van der Waals surface area contributed by atoms with Crippen LogP contribution in [0.3, 0.4) is 0 Å². The van der Waals surface area contributed by atoms with Crippen molar-refractivity contribution in [2.24, 2.45) is 5.73 Å². The van der Waals surface area contributed by atoms with E-state index < -0.39 is 0 Å². The maximum atomic E-state index is 8.53. The molecule has 2 N–H and O–H groups in total. The van der Waals surface area contributed by atoms with Crippen molar-refractivity contribution in [2.75, 3.05) is 0 Å². The van der Waals surface area contributed by atoms with Gasteiger partial charge in [-0.2, -0.15) is 5.26 Å². The Balaban J connectivity index is 3.00. The van der Waals surface area contributed by atoms with Crippen LogP contribution in [-0.2, 0) is 0 Å². The number of nitriles is 1. The Kier molecular flexibility index (Phi) is 3.70. The zero-order chi connectivity index (χ0) is 9.84. The molecule has 0 amide bonds. The zero-order valence-corrected chi connectivity index (χ0v) is 9.58. The van der Waals surface area contributed by atoms with E-state index in [4.69, 9.17) is 11.0 Å². The van der Waals surface area contributed by atoms with E-state index in [1.165, 1.54) is 0 Å². The van der Waals surface area contributed by atoms with Gasteiger partial charge in [-0.25, -0.2) is 0 Å². The number of nitrogens with two attached hydrogens (primary N) is 1. The highest BCUT2D eigenvalue weighted by atomic mass is 127. The number of rotatable bonds is 2. The van der Waals surface area contributed by atoms with E-state index in [2.05, 4.69) is 28.7 Å². The highest BCUT2D eigenvalue weighted by molar-refractivity contribution is 14.1. The highest BCUT2D eigenvalue weighted by Gasteiger charge is 2.08. The Labute approximate surface area is 91.9 Å². The Hall–Kier alpha value is -0.600. The van der Waals surface area contributed by atoms with E-state index in [-0.39, 0.29) is 6.04 Å². The predicted octanol–water partition coefficient (Wildman–Crippen LogP) is 2.51. The van der Waals surface area contributed by atoms with Gasteiger partial charge in [-0.3, -0.25) is 0 Å². The van der Waals surface area contributed by atoms with Crippen LogP contribution in [0, 0.1) is 21.8 Å². The molecule has 0 spiro atoms. The van der Waals surface area contributed by atoms with Crippen molar-refractivity contribution in [2.45, 2.75) is 19.4 Å². The molecule has 1 aromatic carbocycles. The molecule has 0 aliphatic heterocycles. The second-order valence-electron chi connectivity index (χ2n) is 2.97. The summed E-state index contributed by atoms with van der Waals surface area (Å²) in [5.41, 5.74) is 8.08. The van der Waals surface area contributed by atoms with Crippen molar-refractivity contribution in [1.82, 2.24) is 0 Å². The third-order valence-corrected chi connectivity index (χ3v) is 2.62. The van der Waals surface area contributed by atoms with Gasteiger partial charge in [-0.1, -0.05) is 6.07 Å². The summed E-state index contributed by atoms with van der Waals surface area (Å²) in [6.07, 6.45) is 0.376. The van der Waals surface area contributed by atoms with E-state index in [1.807, 2.05) is 25.1 Å². The lowest BCUT2D eigenvalue weighted by molar-refractivity contribution is 0.742. The number of hydrogen-bond acceptors (Lipinski definition) is 2. The van der Waals surface area contributed by atoms with Crippen molar-refractivity contribution in [3.63, 3.8) is 0 Å². The first-order chi connectivity index (χ1) is 6.15. The first-order valence-corrected chi connectivity index (χ1v) is 5.11. The Morgan fingerprint density at radius 3 is 2.92 bits per heavy atom. The van der Waals surface area contributed by atoms with Crippen molar-refractivity contribution in [3.05, 3.63) is 32.9 Å². The molecule has 1 rings (SSSR count). The number of nitrogens with zero attached hydrogens (tertiary/aromatic N) is 1. The molecule has 1 atom stereocenters.